The summed E-state index contributed by atoms with van der Waals surface area (Å²) in [4.78, 5) is 71.3. The number of primary amides is 1. The first-order valence-electron chi connectivity index (χ1n) is 10.5. The number of carbonyl (C=O) groups is 6. The number of nitrogens with one attached hydrogen (secondary N) is 3. The van der Waals surface area contributed by atoms with Gasteiger partial charge in [0.2, 0.25) is 23.6 Å². The monoisotopic (exact) mass is 495 g/mol. The number of phenols is 1. The van der Waals surface area contributed by atoms with Crippen molar-refractivity contribution in [1.29, 1.82) is 0 Å². The van der Waals surface area contributed by atoms with Crippen molar-refractivity contribution in [2.24, 2.45) is 11.5 Å². The topological polar surface area (TPSA) is 251 Å². The molecule has 0 saturated carbocycles. The smallest absolute Gasteiger partial charge is 0.326 e. The van der Waals surface area contributed by atoms with Gasteiger partial charge in [-0.3, -0.25) is 24.0 Å². The van der Waals surface area contributed by atoms with Crippen LogP contribution in [-0.4, -0.2) is 75.1 Å². The molecule has 1 aromatic carbocycles. The van der Waals surface area contributed by atoms with Crippen molar-refractivity contribution < 1.29 is 44.1 Å². The minimum Gasteiger partial charge on any atom is -0.508 e. The van der Waals surface area contributed by atoms with Crippen LogP contribution in [0.2, 0.25) is 0 Å². The standard InChI is InChI=1S/C21H29N5O9/c1-10(22)18(31)24-13(6-7-17(29)30)19(32)25-14(8-11-2-4-12(27)5-3-11)20(33)26-15(21(34)35)9-16(23)28/h2-5,10,13-15,27H,6-9,22H2,1H3,(H2,23,28)(H,24,31)(H,25,32)(H,26,33)(H,29,30)(H,34,35). The molecule has 0 aromatic heterocycles. The van der Waals surface area contributed by atoms with Crippen LogP contribution < -0.4 is 27.4 Å². The Labute approximate surface area is 200 Å². The van der Waals surface area contributed by atoms with Gasteiger partial charge in [0.25, 0.3) is 0 Å². The minimum atomic E-state index is -1.67. The molecule has 4 atom stereocenters. The van der Waals surface area contributed by atoms with Crippen molar-refractivity contribution in [1.82, 2.24) is 16.0 Å². The van der Waals surface area contributed by atoms with E-state index in [9.17, 15) is 39.0 Å². The molecule has 192 valence electrons. The van der Waals surface area contributed by atoms with Crippen LogP contribution in [0, 0.1) is 0 Å². The Morgan fingerprint density at radius 3 is 1.86 bits per heavy atom. The van der Waals surface area contributed by atoms with Gasteiger partial charge in [0.15, 0.2) is 0 Å². The first-order valence-corrected chi connectivity index (χ1v) is 10.5. The quantitative estimate of drug-likeness (QED) is 0.135. The van der Waals surface area contributed by atoms with Gasteiger partial charge in [-0.2, -0.15) is 0 Å². The van der Waals surface area contributed by atoms with E-state index in [1.54, 1.807) is 0 Å². The summed E-state index contributed by atoms with van der Waals surface area (Å²) in [5.41, 5.74) is 11.0. The zero-order valence-corrected chi connectivity index (χ0v) is 18.9. The molecule has 35 heavy (non-hydrogen) atoms. The maximum Gasteiger partial charge on any atom is 0.326 e. The van der Waals surface area contributed by atoms with Crippen LogP contribution in [0.5, 0.6) is 5.75 Å². The van der Waals surface area contributed by atoms with E-state index in [1.165, 1.54) is 31.2 Å². The molecule has 14 heteroatoms. The lowest BCUT2D eigenvalue weighted by Gasteiger charge is -2.24. The average molecular weight is 495 g/mol. The summed E-state index contributed by atoms with van der Waals surface area (Å²) in [6.07, 6.45) is -1.67. The first kappa shape index (κ1) is 28.8. The second-order valence-corrected chi connectivity index (χ2v) is 7.78. The zero-order valence-electron chi connectivity index (χ0n) is 18.9. The Hall–Kier alpha value is -4.20. The molecule has 0 fully saturated rings. The molecular formula is C21H29N5O9. The Kier molecular flexibility index (Phi) is 11.1. The number of hydrogen-bond donors (Lipinski definition) is 8. The van der Waals surface area contributed by atoms with Crippen LogP contribution in [0.15, 0.2) is 24.3 Å². The number of benzene rings is 1. The van der Waals surface area contributed by atoms with E-state index in [-0.39, 0.29) is 18.6 Å². The van der Waals surface area contributed by atoms with Crippen molar-refractivity contribution in [3.8, 4) is 5.75 Å². The fourth-order valence-corrected chi connectivity index (χ4v) is 2.86. The average Bonchev–Trinajstić information content (AvgIpc) is 2.76. The molecule has 0 spiro atoms. The van der Waals surface area contributed by atoms with Crippen molar-refractivity contribution in [2.45, 2.75) is 56.8 Å². The Balaban J connectivity index is 3.17. The highest BCUT2D eigenvalue weighted by molar-refractivity contribution is 5.95. The van der Waals surface area contributed by atoms with Gasteiger partial charge < -0.3 is 42.7 Å². The molecule has 0 bridgehead atoms. The largest absolute Gasteiger partial charge is 0.508 e. The van der Waals surface area contributed by atoms with Crippen LogP contribution in [0.25, 0.3) is 0 Å². The summed E-state index contributed by atoms with van der Waals surface area (Å²) in [5, 5.41) is 34.5. The lowest BCUT2D eigenvalue weighted by Crippen LogP contribution is -2.57. The first-order chi connectivity index (χ1) is 16.3. The molecule has 0 aliphatic carbocycles. The maximum atomic E-state index is 12.9. The third kappa shape index (κ3) is 10.5. The maximum absolute atomic E-state index is 12.9. The van der Waals surface area contributed by atoms with E-state index in [2.05, 4.69) is 16.0 Å². The lowest BCUT2D eigenvalue weighted by molar-refractivity contribution is -0.143. The molecule has 0 radical (unpaired) electrons. The Morgan fingerprint density at radius 2 is 1.37 bits per heavy atom. The summed E-state index contributed by atoms with van der Waals surface area (Å²) in [5.74, 6) is -6.43. The van der Waals surface area contributed by atoms with Gasteiger partial charge in [-0.25, -0.2) is 4.79 Å². The number of carbonyl (C=O) groups excluding carboxylic acids is 4. The SMILES string of the molecule is CC(N)C(=O)NC(CCC(=O)O)C(=O)NC(Cc1ccc(O)cc1)C(=O)NC(CC(N)=O)C(=O)O. The number of rotatable bonds is 14. The predicted molar refractivity (Wildman–Crippen MR) is 120 cm³/mol. The number of aromatic hydroxyl groups is 1. The third-order valence-corrected chi connectivity index (χ3v) is 4.72. The Bertz CT molecular complexity index is 949. The summed E-state index contributed by atoms with van der Waals surface area (Å²) < 4.78 is 0. The molecule has 1 aromatic rings. The zero-order chi connectivity index (χ0) is 26.7. The molecule has 10 N–H and O–H groups in total. The highest BCUT2D eigenvalue weighted by Crippen LogP contribution is 2.12. The summed E-state index contributed by atoms with van der Waals surface area (Å²) in [6.45, 7) is 1.35. The van der Waals surface area contributed by atoms with Gasteiger partial charge in [0.1, 0.15) is 23.9 Å². The van der Waals surface area contributed by atoms with Gasteiger partial charge in [0, 0.05) is 12.8 Å². The number of nitrogens with two attached hydrogens (primary N) is 2. The summed E-state index contributed by atoms with van der Waals surface area (Å²) in [7, 11) is 0. The normalized spacial score (nSPS) is 14.0. The molecule has 1 rings (SSSR count). The minimum absolute atomic E-state index is 0.0569. The van der Waals surface area contributed by atoms with E-state index in [4.69, 9.17) is 16.6 Å². The van der Waals surface area contributed by atoms with E-state index in [0.29, 0.717) is 5.56 Å². The van der Waals surface area contributed by atoms with Gasteiger partial charge >= 0.3 is 11.9 Å². The number of aliphatic carboxylic acids is 2. The van der Waals surface area contributed by atoms with Gasteiger partial charge in [0.05, 0.1) is 12.5 Å². The van der Waals surface area contributed by atoms with Gasteiger partial charge in [-0.05, 0) is 31.0 Å². The van der Waals surface area contributed by atoms with Crippen molar-refractivity contribution in [2.75, 3.05) is 0 Å². The van der Waals surface area contributed by atoms with Crippen molar-refractivity contribution >= 4 is 35.6 Å². The van der Waals surface area contributed by atoms with E-state index in [0.717, 1.165) is 0 Å². The molecule has 4 amide bonds. The van der Waals surface area contributed by atoms with E-state index < -0.39 is 72.6 Å². The van der Waals surface area contributed by atoms with Crippen LogP contribution in [0.4, 0.5) is 0 Å². The number of carboxylic acids is 2. The predicted octanol–water partition coefficient (Wildman–Crippen LogP) is -2.44. The molecule has 0 heterocycles. The number of hydrogen-bond acceptors (Lipinski definition) is 8. The highest BCUT2D eigenvalue weighted by Gasteiger charge is 2.31. The number of amides is 4. The van der Waals surface area contributed by atoms with Gasteiger partial charge in [-0.1, -0.05) is 12.1 Å². The second-order valence-electron chi connectivity index (χ2n) is 7.78. The van der Waals surface area contributed by atoms with E-state index >= 15 is 0 Å². The molecule has 0 aliphatic heterocycles. The molecular weight excluding hydrogens is 466 g/mol. The van der Waals surface area contributed by atoms with Crippen LogP contribution in [0.3, 0.4) is 0 Å². The number of phenolic OH excluding ortho intramolecular Hbond substituents is 1. The van der Waals surface area contributed by atoms with Crippen LogP contribution in [-0.2, 0) is 35.2 Å². The van der Waals surface area contributed by atoms with Crippen molar-refractivity contribution in [3.63, 3.8) is 0 Å². The Morgan fingerprint density at radius 1 is 0.857 bits per heavy atom. The second kappa shape index (κ2) is 13.5. The molecule has 4 unspecified atom stereocenters. The number of carboxylic acid groups (broad SMARTS) is 2. The third-order valence-electron chi connectivity index (χ3n) is 4.72. The molecule has 0 saturated heterocycles. The summed E-state index contributed by atoms with van der Waals surface area (Å²) in [6, 6.07) is 0.146. The fraction of sp³-hybridized carbons (Fsp3) is 0.429. The molecule has 0 aliphatic rings. The summed E-state index contributed by atoms with van der Waals surface area (Å²) >= 11 is 0. The van der Waals surface area contributed by atoms with Gasteiger partial charge in [-0.15, -0.1) is 0 Å². The van der Waals surface area contributed by atoms with Crippen molar-refractivity contribution in [3.05, 3.63) is 29.8 Å². The fourth-order valence-electron chi connectivity index (χ4n) is 2.86. The van der Waals surface area contributed by atoms with Crippen LogP contribution >= 0.6 is 0 Å². The van der Waals surface area contributed by atoms with Crippen LogP contribution in [0.1, 0.15) is 31.7 Å². The highest BCUT2D eigenvalue weighted by atomic mass is 16.4. The lowest BCUT2D eigenvalue weighted by atomic mass is 10.0. The van der Waals surface area contributed by atoms with E-state index in [1.807, 2.05) is 0 Å². The molecule has 14 nitrogen and oxygen atoms in total.